The Morgan fingerprint density at radius 2 is 1.45 bits per heavy atom. The summed E-state index contributed by atoms with van der Waals surface area (Å²) < 4.78 is 23.9. The maximum atomic E-state index is 12.0. The molecule has 0 saturated heterocycles. The molecule has 0 aromatic heterocycles. The van der Waals surface area contributed by atoms with E-state index in [4.69, 9.17) is 0 Å². The minimum absolute atomic E-state index is 0. The molecule has 0 saturated carbocycles. The Balaban J connectivity index is 0.00000361. The van der Waals surface area contributed by atoms with Gasteiger partial charge in [-0.1, -0.05) is 70.1 Å². The van der Waals surface area contributed by atoms with Crippen LogP contribution in [0.3, 0.4) is 0 Å². The zero-order chi connectivity index (χ0) is 14.0. The van der Waals surface area contributed by atoms with Crippen LogP contribution in [0.1, 0.15) is 58.3 Å². The molecule has 0 unspecified atom stereocenters. The van der Waals surface area contributed by atoms with Gasteiger partial charge in [0.1, 0.15) is 0 Å². The van der Waals surface area contributed by atoms with Gasteiger partial charge in [0.2, 0.25) is 0 Å². The largest absolute Gasteiger partial charge is 1.00 e. The summed E-state index contributed by atoms with van der Waals surface area (Å²) in [7, 11) is -3.19. The molecule has 4 heteroatoms. The summed E-state index contributed by atoms with van der Waals surface area (Å²) in [5, 5.41) is 0. The molecule has 0 aliphatic heterocycles. The van der Waals surface area contributed by atoms with Crippen molar-refractivity contribution in [2.75, 3.05) is 0 Å². The van der Waals surface area contributed by atoms with Gasteiger partial charge in [0, 0.05) is 4.90 Å². The fourth-order valence-corrected chi connectivity index (χ4v) is 3.25. The Morgan fingerprint density at radius 1 is 0.900 bits per heavy atom. The van der Waals surface area contributed by atoms with E-state index in [0.29, 0.717) is 11.3 Å². The van der Waals surface area contributed by atoms with Crippen molar-refractivity contribution >= 4 is 9.84 Å². The third-order valence-electron chi connectivity index (χ3n) is 3.22. The molecule has 20 heavy (non-hydrogen) atoms. The van der Waals surface area contributed by atoms with Crippen LogP contribution in [-0.4, -0.2) is 8.42 Å². The van der Waals surface area contributed by atoms with E-state index in [1.54, 1.807) is 24.3 Å². The van der Waals surface area contributed by atoms with Crippen molar-refractivity contribution in [2.45, 2.75) is 63.2 Å². The molecule has 0 spiro atoms. The van der Waals surface area contributed by atoms with Gasteiger partial charge < -0.3 is 0 Å². The quantitative estimate of drug-likeness (QED) is 0.373. The second-order valence-corrected chi connectivity index (χ2v) is 6.83. The van der Waals surface area contributed by atoms with Crippen molar-refractivity contribution in [3.05, 3.63) is 36.1 Å². The average Bonchev–Trinajstić information content (AvgIpc) is 2.43. The van der Waals surface area contributed by atoms with Crippen LogP contribution in [0.5, 0.6) is 0 Å². The molecule has 0 heterocycles. The Morgan fingerprint density at radius 3 is 2.05 bits per heavy atom. The summed E-state index contributed by atoms with van der Waals surface area (Å²) in [6.07, 6.45) is 9.15. The first-order valence-corrected chi connectivity index (χ1v) is 8.85. The van der Waals surface area contributed by atoms with Crippen LogP contribution in [0.2, 0.25) is 0 Å². The van der Waals surface area contributed by atoms with E-state index in [1.165, 1.54) is 37.9 Å². The average molecular weight is 288 g/mol. The predicted octanol–water partition coefficient (Wildman–Crippen LogP) is 1.77. The predicted molar refractivity (Wildman–Crippen MR) is 80.5 cm³/mol. The zero-order valence-electron chi connectivity index (χ0n) is 12.8. The molecule has 2 nitrogen and oxygen atoms in total. The molecule has 108 valence electrons. The number of hydrogen-bond donors (Lipinski definition) is 0. The molecule has 0 N–H and O–H groups in total. The molecule has 1 aromatic rings. The van der Waals surface area contributed by atoms with Crippen molar-refractivity contribution in [3.8, 4) is 0 Å². The van der Waals surface area contributed by atoms with Crippen molar-refractivity contribution in [3.63, 3.8) is 0 Å². The first kappa shape index (κ1) is 19.8. The van der Waals surface area contributed by atoms with Crippen LogP contribution in [-0.2, 0) is 9.84 Å². The Hall–Kier alpha value is -0.233. The SMILES string of the molecule is CCCCCCCCC[CH-]S(=O)(=O)c1ccccc1.[Li+]. The molecule has 1 aromatic carbocycles. The van der Waals surface area contributed by atoms with Gasteiger partial charge in [-0.15, -0.1) is 0 Å². The molecular formula is C16H25LiO2S. The summed E-state index contributed by atoms with van der Waals surface area (Å²) >= 11 is 0. The van der Waals surface area contributed by atoms with Crippen molar-refractivity contribution < 1.29 is 27.3 Å². The van der Waals surface area contributed by atoms with Crippen LogP contribution in [0.15, 0.2) is 35.2 Å². The third-order valence-corrected chi connectivity index (χ3v) is 4.82. The topological polar surface area (TPSA) is 34.1 Å². The van der Waals surface area contributed by atoms with Gasteiger partial charge in [-0.2, -0.15) is 6.42 Å². The molecule has 0 bridgehead atoms. The van der Waals surface area contributed by atoms with E-state index >= 15 is 0 Å². The Bertz CT molecular complexity index is 429. The van der Waals surface area contributed by atoms with Gasteiger partial charge in [0.25, 0.3) is 0 Å². The van der Waals surface area contributed by atoms with Gasteiger partial charge >= 0.3 is 18.9 Å². The van der Waals surface area contributed by atoms with E-state index < -0.39 is 9.84 Å². The second kappa shape index (κ2) is 11.4. The van der Waals surface area contributed by atoms with Crippen LogP contribution in [0.4, 0.5) is 0 Å². The minimum atomic E-state index is -3.19. The van der Waals surface area contributed by atoms with Crippen molar-refractivity contribution in [2.24, 2.45) is 0 Å². The zero-order valence-corrected chi connectivity index (χ0v) is 13.7. The first-order valence-electron chi connectivity index (χ1n) is 7.30. The van der Waals surface area contributed by atoms with Crippen LogP contribution in [0.25, 0.3) is 0 Å². The Labute approximate surface area is 136 Å². The number of rotatable bonds is 10. The summed E-state index contributed by atoms with van der Waals surface area (Å²) in [5.74, 6) is 1.47. The maximum Gasteiger partial charge on any atom is 1.00 e. The molecule has 0 aliphatic rings. The van der Waals surface area contributed by atoms with E-state index in [2.05, 4.69) is 6.92 Å². The Kier molecular flexibility index (Phi) is 11.3. The van der Waals surface area contributed by atoms with Crippen LogP contribution < -0.4 is 18.9 Å². The summed E-state index contributed by atoms with van der Waals surface area (Å²) in [6.45, 7) is 2.21. The number of hydrogen-bond acceptors (Lipinski definition) is 2. The van der Waals surface area contributed by atoms with Gasteiger partial charge in [-0.25, -0.2) is 5.75 Å². The second-order valence-electron chi connectivity index (χ2n) is 4.93. The number of benzene rings is 1. The summed E-state index contributed by atoms with van der Waals surface area (Å²) in [5.41, 5.74) is 0. The van der Waals surface area contributed by atoms with Crippen LogP contribution >= 0.6 is 0 Å². The molecule has 0 aliphatic carbocycles. The number of sulfone groups is 1. The summed E-state index contributed by atoms with van der Waals surface area (Å²) in [4.78, 5) is 0.401. The van der Waals surface area contributed by atoms with Crippen molar-refractivity contribution in [1.29, 1.82) is 0 Å². The van der Waals surface area contributed by atoms with Gasteiger partial charge in [0.15, 0.2) is 0 Å². The van der Waals surface area contributed by atoms with Gasteiger partial charge in [0.05, 0.1) is 9.84 Å². The van der Waals surface area contributed by atoms with Gasteiger partial charge in [-0.05, 0) is 12.1 Å². The normalized spacial score (nSPS) is 11.1. The smallest absolute Gasteiger partial charge is 0.257 e. The molecule has 0 fully saturated rings. The monoisotopic (exact) mass is 288 g/mol. The molecule has 1 rings (SSSR count). The van der Waals surface area contributed by atoms with Gasteiger partial charge in [-0.3, -0.25) is 8.42 Å². The van der Waals surface area contributed by atoms with E-state index in [-0.39, 0.29) is 18.9 Å². The third kappa shape index (κ3) is 8.14. The van der Waals surface area contributed by atoms with E-state index in [9.17, 15) is 8.42 Å². The van der Waals surface area contributed by atoms with Crippen LogP contribution in [0, 0.1) is 5.75 Å². The van der Waals surface area contributed by atoms with Crippen molar-refractivity contribution in [1.82, 2.24) is 0 Å². The van der Waals surface area contributed by atoms with E-state index in [0.717, 1.165) is 12.8 Å². The fourth-order valence-electron chi connectivity index (χ4n) is 2.05. The summed E-state index contributed by atoms with van der Waals surface area (Å²) in [6, 6.07) is 8.64. The van der Waals surface area contributed by atoms with E-state index in [1.807, 2.05) is 6.07 Å². The molecule has 0 atom stereocenters. The maximum absolute atomic E-state index is 12.0. The first-order chi connectivity index (χ1) is 9.17. The molecule has 0 amide bonds. The molecular weight excluding hydrogens is 263 g/mol. The standard InChI is InChI=1S/C16H25O2S.Li/c1-2-3-4-5-6-7-8-12-15-19(17,18)16-13-10-9-11-14-16;/h9-11,13-15H,2-8,12H2,1H3;/q-1;+1. The fraction of sp³-hybridized carbons (Fsp3) is 0.562. The minimum Gasteiger partial charge on any atom is -0.257 e. The molecule has 0 radical (unpaired) electrons. The number of unbranched alkanes of at least 4 members (excludes halogenated alkanes) is 7.